The van der Waals surface area contributed by atoms with Gasteiger partial charge in [0.15, 0.2) is 0 Å². The Balaban J connectivity index is 1.68. The van der Waals surface area contributed by atoms with Crippen molar-refractivity contribution in [2.24, 2.45) is 5.73 Å². The van der Waals surface area contributed by atoms with E-state index in [2.05, 4.69) is 12.1 Å². The zero-order chi connectivity index (χ0) is 14.8. The fourth-order valence-electron chi connectivity index (χ4n) is 2.40. The number of benzene rings is 2. The monoisotopic (exact) mass is 300 g/mol. The Morgan fingerprint density at radius 1 is 1.29 bits per heavy atom. The Morgan fingerprint density at radius 2 is 2.10 bits per heavy atom. The minimum absolute atomic E-state index is 0.329. The Hall–Kier alpha value is -2.14. The number of nitrogen functional groups attached to an aromatic ring is 1. The first-order valence-corrected chi connectivity index (χ1v) is 7.58. The van der Waals surface area contributed by atoms with Gasteiger partial charge in [-0.2, -0.15) is 0 Å². The highest BCUT2D eigenvalue weighted by Gasteiger charge is 2.23. The van der Waals surface area contributed by atoms with Crippen LogP contribution < -0.4 is 16.2 Å². The van der Waals surface area contributed by atoms with Gasteiger partial charge in [-0.1, -0.05) is 18.2 Å². The first-order valence-electron chi connectivity index (χ1n) is 6.70. The lowest BCUT2D eigenvalue weighted by atomic mass is 10.1. The molecule has 5 heteroatoms. The quantitative estimate of drug-likeness (QED) is 0.850. The molecule has 0 aromatic heterocycles. The highest BCUT2D eigenvalue weighted by Crippen LogP contribution is 2.37. The maximum absolute atomic E-state index is 11.4. The zero-order valence-corrected chi connectivity index (χ0v) is 12.2. The van der Waals surface area contributed by atoms with Crippen molar-refractivity contribution in [1.29, 1.82) is 0 Å². The predicted molar refractivity (Wildman–Crippen MR) is 84.7 cm³/mol. The van der Waals surface area contributed by atoms with Crippen LogP contribution in [-0.4, -0.2) is 17.8 Å². The van der Waals surface area contributed by atoms with Gasteiger partial charge in [0.05, 0.1) is 5.56 Å². The van der Waals surface area contributed by atoms with Gasteiger partial charge in [0.25, 0.3) is 5.91 Å². The minimum Gasteiger partial charge on any atom is -0.492 e. The summed E-state index contributed by atoms with van der Waals surface area (Å²) in [6.45, 7) is 0.531. The molecule has 0 spiro atoms. The molecule has 0 saturated heterocycles. The first kappa shape index (κ1) is 13.8. The Morgan fingerprint density at radius 3 is 2.86 bits per heavy atom. The van der Waals surface area contributed by atoms with Crippen molar-refractivity contribution < 1.29 is 9.53 Å². The average molecular weight is 300 g/mol. The third-order valence-corrected chi connectivity index (χ3v) is 4.70. The second-order valence-electron chi connectivity index (χ2n) is 4.98. The molecule has 2 aromatic rings. The summed E-state index contributed by atoms with van der Waals surface area (Å²) in [5.41, 5.74) is 13.2. The number of hydrogen-bond donors (Lipinski definition) is 2. The normalized spacial score (nSPS) is 16.5. The summed E-state index contributed by atoms with van der Waals surface area (Å²) in [4.78, 5) is 12.7. The molecule has 0 saturated carbocycles. The number of anilines is 1. The summed E-state index contributed by atoms with van der Waals surface area (Å²) < 4.78 is 5.79. The molecule has 1 atom stereocenters. The van der Waals surface area contributed by atoms with Gasteiger partial charge in [-0.15, -0.1) is 11.8 Å². The molecular weight excluding hydrogens is 284 g/mol. The third kappa shape index (κ3) is 2.97. The summed E-state index contributed by atoms with van der Waals surface area (Å²) >= 11 is 1.81. The highest BCUT2D eigenvalue weighted by molar-refractivity contribution is 8.00. The standard InChI is InChI=1S/C16H16N2O2S/c17-11-5-6-14(13(8-11)16(18)19)20-9-12-7-10-3-1-2-4-15(10)21-12/h1-6,8,12H,7,9,17H2,(H2,18,19). The second kappa shape index (κ2) is 5.69. The summed E-state index contributed by atoms with van der Waals surface area (Å²) in [6.07, 6.45) is 0.974. The summed E-state index contributed by atoms with van der Waals surface area (Å²) in [5.74, 6) is -0.0343. The van der Waals surface area contributed by atoms with E-state index in [1.807, 2.05) is 12.1 Å². The highest BCUT2D eigenvalue weighted by atomic mass is 32.2. The van der Waals surface area contributed by atoms with E-state index in [0.717, 1.165) is 6.42 Å². The minimum atomic E-state index is -0.528. The zero-order valence-electron chi connectivity index (χ0n) is 11.4. The second-order valence-corrected chi connectivity index (χ2v) is 6.32. The molecule has 1 aliphatic heterocycles. The van der Waals surface area contributed by atoms with E-state index in [1.54, 1.807) is 30.0 Å². The van der Waals surface area contributed by atoms with Gasteiger partial charge in [0.2, 0.25) is 0 Å². The molecule has 4 nitrogen and oxygen atoms in total. The molecular formula is C16H16N2O2S. The van der Waals surface area contributed by atoms with E-state index in [1.165, 1.54) is 10.5 Å². The fourth-order valence-corrected chi connectivity index (χ4v) is 3.61. The van der Waals surface area contributed by atoms with Crippen molar-refractivity contribution in [2.75, 3.05) is 12.3 Å². The van der Waals surface area contributed by atoms with Crippen LogP contribution in [0.1, 0.15) is 15.9 Å². The van der Waals surface area contributed by atoms with Crippen molar-refractivity contribution in [3.8, 4) is 5.75 Å². The topological polar surface area (TPSA) is 78.3 Å². The molecule has 1 aliphatic rings. The summed E-state index contributed by atoms with van der Waals surface area (Å²) in [5, 5.41) is 0.348. The van der Waals surface area contributed by atoms with Crippen LogP contribution in [0.2, 0.25) is 0 Å². The maximum atomic E-state index is 11.4. The first-order chi connectivity index (χ1) is 10.1. The number of ether oxygens (including phenoxy) is 1. The van der Waals surface area contributed by atoms with Crippen LogP contribution in [0.25, 0.3) is 0 Å². The number of thioether (sulfide) groups is 1. The van der Waals surface area contributed by atoms with E-state index in [-0.39, 0.29) is 0 Å². The van der Waals surface area contributed by atoms with Crippen molar-refractivity contribution in [3.05, 3.63) is 53.6 Å². The number of amides is 1. The van der Waals surface area contributed by atoms with Crippen LogP contribution in [0.5, 0.6) is 5.75 Å². The summed E-state index contributed by atoms with van der Waals surface area (Å²) in [7, 11) is 0. The molecule has 0 radical (unpaired) electrons. The Bertz CT molecular complexity index is 663. The van der Waals surface area contributed by atoms with Crippen molar-refractivity contribution >= 4 is 23.4 Å². The molecule has 0 aliphatic carbocycles. The van der Waals surface area contributed by atoms with E-state index in [9.17, 15) is 4.79 Å². The molecule has 0 fully saturated rings. The molecule has 2 aromatic carbocycles. The van der Waals surface area contributed by atoms with E-state index in [4.69, 9.17) is 16.2 Å². The van der Waals surface area contributed by atoms with E-state index < -0.39 is 5.91 Å². The van der Waals surface area contributed by atoms with Gasteiger partial charge in [0.1, 0.15) is 12.4 Å². The number of rotatable bonds is 4. The molecule has 1 amide bonds. The van der Waals surface area contributed by atoms with Gasteiger partial charge in [0, 0.05) is 15.8 Å². The Labute approximate surface area is 127 Å². The Kier molecular flexibility index (Phi) is 3.75. The van der Waals surface area contributed by atoms with Crippen LogP contribution in [0, 0.1) is 0 Å². The van der Waals surface area contributed by atoms with Gasteiger partial charge >= 0.3 is 0 Å². The third-order valence-electron chi connectivity index (χ3n) is 3.41. The molecule has 1 unspecified atom stereocenters. The number of primary amides is 1. The number of carbonyl (C=O) groups is 1. The van der Waals surface area contributed by atoms with E-state index in [0.29, 0.717) is 28.9 Å². The van der Waals surface area contributed by atoms with Gasteiger partial charge < -0.3 is 16.2 Å². The van der Waals surface area contributed by atoms with Crippen LogP contribution in [-0.2, 0) is 6.42 Å². The lowest BCUT2D eigenvalue weighted by Gasteiger charge is -2.13. The maximum Gasteiger partial charge on any atom is 0.252 e. The van der Waals surface area contributed by atoms with Gasteiger partial charge in [-0.3, -0.25) is 4.79 Å². The van der Waals surface area contributed by atoms with Crippen LogP contribution in [0.15, 0.2) is 47.4 Å². The fraction of sp³-hybridized carbons (Fsp3) is 0.188. The average Bonchev–Trinajstić information content (AvgIpc) is 2.88. The summed E-state index contributed by atoms with van der Waals surface area (Å²) in [6, 6.07) is 13.3. The van der Waals surface area contributed by atoms with Crippen molar-refractivity contribution in [1.82, 2.24) is 0 Å². The number of nitrogens with two attached hydrogens (primary N) is 2. The molecule has 0 bridgehead atoms. The number of hydrogen-bond acceptors (Lipinski definition) is 4. The SMILES string of the molecule is NC(=O)c1cc(N)ccc1OCC1Cc2ccccc2S1. The largest absolute Gasteiger partial charge is 0.492 e. The van der Waals surface area contributed by atoms with Crippen LogP contribution in [0.3, 0.4) is 0 Å². The molecule has 1 heterocycles. The predicted octanol–water partition coefficient (Wildman–Crippen LogP) is 2.46. The van der Waals surface area contributed by atoms with Crippen molar-refractivity contribution in [2.45, 2.75) is 16.6 Å². The van der Waals surface area contributed by atoms with Crippen LogP contribution >= 0.6 is 11.8 Å². The molecule has 3 rings (SSSR count). The van der Waals surface area contributed by atoms with Gasteiger partial charge in [-0.25, -0.2) is 0 Å². The van der Waals surface area contributed by atoms with E-state index >= 15 is 0 Å². The number of fused-ring (bicyclic) bond motifs is 1. The van der Waals surface area contributed by atoms with Gasteiger partial charge in [-0.05, 0) is 36.2 Å². The molecule has 108 valence electrons. The lowest BCUT2D eigenvalue weighted by molar-refractivity contribution is 0.0996. The lowest BCUT2D eigenvalue weighted by Crippen LogP contribution is -2.17. The van der Waals surface area contributed by atoms with Crippen LogP contribution in [0.4, 0.5) is 5.69 Å². The van der Waals surface area contributed by atoms with Crippen molar-refractivity contribution in [3.63, 3.8) is 0 Å². The molecule has 21 heavy (non-hydrogen) atoms. The smallest absolute Gasteiger partial charge is 0.252 e. The molecule has 4 N–H and O–H groups in total. The number of carbonyl (C=O) groups excluding carboxylic acids is 1.